The number of carbonyl (C=O) groups is 2. The van der Waals surface area contributed by atoms with Crippen molar-refractivity contribution >= 4 is 23.4 Å². The second-order valence-corrected chi connectivity index (χ2v) is 7.60. The summed E-state index contributed by atoms with van der Waals surface area (Å²) in [4.78, 5) is 28.7. The maximum Gasteiger partial charge on any atom is 0.323 e. The number of aryl methyl sites for hydroxylation is 1. The first-order chi connectivity index (χ1) is 15.2. The second-order valence-electron chi connectivity index (χ2n) is 7.60. The molecule has 4 amide bonds. The molecule has 0 aliphatic carbocycles. The summed E-state index contributed by atoms with van der Waals surface area (Å²) in [5.74, 6) is 1.48. The van der Waals surface area contributed by atoms with Crippen molar-refractivity contribution in [2.75, 3.05) is 17.2 Å². The summed E-state index contributed by atoms with van der Waals surface area (Å²) < 4.78 is 2.16. The zero-order valence-corrected chi connectivity index (χ0v) is 17.2. The van der Waals surface area contributed by atoms with Crippen molar-refractivity contribution in [2.24, 2.45) is 5.92 Å². The minimum absolute atomic E-state index is 0.200. The van der Waals surface area contributed by atoms with Crippen molar-refractivity contribution in [3.05, 3.63) is 78.4 Å². The number of carbonyl (C=O) groups excluding carboxylic acids is 2. The molecule has 0 bridgehead atoms. The van der Waals surface area contributed by atoms with Gasteiger partial charge in [-0.05, 0) is 42.2 Å². The molecule has 4 N–H and O–H groups in total. The van der Waals surface area contributed by atoms with Gasteiger partial charge in [-0.25, -0.2) is 14.6 Å². The second kappa shape index (κ2) is 9.80. The van der Waals surface area contributed by atoms with Gasteiger partial charge in [-0.15, -0.1) is 0 Å². The molecule has 2 aromatic carbocycles. The zero-order chi connectivity index (χ0) is 21.5. The number of hydrogen-bond donors (Lipinski definition) is 4. The summed E-state index contributed by atoms with van der Waals surface area (Å²) in [5.41, 5.74) is 2.27. The first-order valence-electron chi connectivity index (χ1n) is 10.4. The molecule has 8 nitrogen and oxygen atoms in total. The Bertz CT molecular complexity index is 1030. The lowest BCUT2D eigenvalue weighted by atomic mass is 9.98. The fourth-order valence-electron chi connectivity index (χ4n) is 3.65. The first-order valence-corrected chi connectivity index (χ1v) is 10.4. The fraction of sp³-hybridized carbons (Fsp3) is 0.261. The maximum atomic E-state index is 12.2. The van der Waals surface area contributed by atoms with E-state index >= 15 is 0 Å². The monoisotopic (exact) mass is 418 g/mol. The van der Waals surface area contributed by atoms with Gasteiger partial charge in [-0.1, -0.05) is 30.3 Å². The van der Waals surface area contributed by atoms with E-state index in [1.54, 1.807) is 6.07 Å². The molecule has 1 aliphatic heterocycles. The molecule has 4 rings (SSSR count). The van der Waals surface area contributed by atoms with Gasteiger partial charge in [-0.2, -0.15) is 0 Å². The number of benzene rings is 2. The van der Waals surface area contributed by atoms with Crippen LogP contribution in [-0.2, 0) is 19.5 Å². The molecule has 0 saturated carbocycles. The van der Waals surface area contributed by atoms with Crippen molar-refractivity contribution < 1.29 is 9.59 Å². The smallest absolute Gasteiger partial charge is 0.323 e. The number of fused-ring (bicyclic) bond motifs is 1. The van der Waals surface area contributed by atoms with Crippen LogP contribution in [0.5, 0.6) is 0 Å². The van der Waals surface area contributed by atoms with E-state index in [9.17, 15) is 9.59 Å². The number of amides is 4. The van der Waals surface area contributed by atoms with Crippen LogP contribution in [0.1, 0.15) is 17.8 Å². The number of para-hydroxylation sites is 1. The van der Waals surface area contributed by atoms with Gasteiger partial charge in [-0.3, -0.25) is 0 Å². The Morgan fingerprint density at radius 3 is 2.65 bits per heavy atom. The quantitative estimate of drug-likeness (QED) is 0.492. The number of anilines is 2. The maximum absolute atomic E-state index is 12.2. The Kier molecular flexibility index (Phi) is 6.47. The molecule has 0 radical (unpaired) electrons. The molecule has 8 heteroatoms. The summed E-state index contributed by atoms with van der Waals surface area (Å²) in [7, 11) is 0. The Morgan fingerprint density at radius 2 is 1.77 bits per heavy atom. The number of hydrogen-bond acceptors (Lipinski definition) is 3. The summed E-state index contributed by atoms with van der Waals surface area (Å²) in [6.07, 6.45) is 5.74. The Morgan fingerprint density at radius 1 is 0.968 bits per heavy atom. The minimum atomic E-state index is -0.317. The first kappa shape index (κ1) is 20.5. The van der Waals surface area contributed by atoms with Crippen LogP contribution < -0.4 is 21.3 Å². The lowest BCUT2D eigenvalue weighted by molar-refractivity contribution is 0.236. The third-order valence-electron chi connectivity index (χ3n) is 5.27. The molecule has 31 heavy (non-hydrogen) atoms. The van der Waals surface area contributed by atoms with Gasteiger partial charge in [0.05, 0.1) is 0 Å². The highest BCUT2D eigenvalue weighted by Crippen LogP contribution is 2.18. The van der Waals surface area contributed by atoms with Gasteiger partial charge in [0.15, 0.2) is 0 Å². The number of urea groups is 2. The van der Waals surface area contributed by atoms with Gasteiger partial charge in [0, 0.05) is 49.8 Å². The van der Waals surface area contributed by atoms with Crippen LogP contribution in [0.2, 0.25) is 0 Å². The number of imidazole rings is 1. The van der Waals surface area contributed by atoms with Crippen LogP contribution >= 0.6 is 0 Å². The van der Waals surface area contributed by atoms with E-state index in [0.717, 1.165) is 36.5 Å². The molecule has 160 valence electrons. The standard InChI is InChI=1S/C23H26N6O2/c30-22(26-16-18-9-11-29-12-10-24-21(29)14-18)25-15-17-5-4-8-20(13-17)28-23(31)27-19-6-2-1-3-7-19/h1-8,10,12-13,18H,9,11,14-16H2,(H2,25,26,30)(H2,27,28,31). The van der Waals surface area contributed by atoms with Crippen molar-refractivity contribution in [1.29, 1.82) is 0 Å². The average molecular weight is 419 g/mol. The Balaban J connectivity index is 1.21. The van der Waals surface area contributed by atoms with Crippen molar-refractivity contribution in [2.45, 2.75) is 25.9 Å². The minimum Gasteiger partial charge on any atom is -0.338 e. The molecular weight excluding hydrogens is 392 g/mol. The molecule has 0 saturated heterocycles. The summed E-state index contributed by atoms with van der Waals surface area (Å²) in [5, 5.41) is 11.4. The largest absolute Gasteiger partial charge is 0.338 e. The van der Waals surface area contributed by atoms with E-state index in [-0.39, 0.29) is 12.1 Å². The number of nitrogens with zero attached hydrogens (tertiary/aromatic N) is 2. The van der Waals surface area contributed by atoms with Crippen LogP contribution in [0, 0.1) is 5.92 Å². The molecule has 0 spiro atoms. The molecular formula is C23H26N6O2. The van der Waals surface area contributed by atoms with E-state index in [1.807, 2.05) is 60.9 Å². The third kappa shape index (κ3) is 5.85. The van der Waals surface area contributed by atoms with Crippen LogP contribution in [0.25, 0.3) is 0 Å². The Labute approximate surface area is 181 Å². The zero-order valence-electron chi connectivity index (χ0n) is 17.2. The number of nitrogens with one attached hydrogen (secondary N) is 4. The van der Waals surface area contributed by atoms with Crippen LogP contribution in [0.4, 0.5) is 21.0 Å². The van der Waals surface area contributed by atoms with Gasteiger partial charge in [0.1, 0.15) is 5.82 Å². The molecule has 3 aromatic rings. The number of aromatic nitrogens is 2. The predicted octanol–water partition coefficient (Wildman–Crippen LogP) is 3.59. The van der Waals surface area contributed by atoms with Gasteiger partial charge < -0.3 is 25.8 Å². The highest BCUT2D eigenvalue weighted by atomic mass is 16.2. The molecule has 1 unspecified atom stereocenters. The number of rotatable bonds is 6. The van der Waals surface area contributed by atoms with Crippen LogP contribution in [0.15, 0.2) is 67.0 Å². The normalized spacial score (nSPS) is 14.9. The van der Waals surface area contributed by atoms with Crippen molar-refractivity contribution in [3.63, 3.8) is 0 Å². The molecule has 0 fully saturated rings. The van der Waals surface area contributed by atoms with Gasteiger partial charge in [0.2, 0.25) is 0 Å². The lowest BCUT2D eigenvalue weighted by Crippen LogP contribution is -2.39. The summed E-state index contributed by atoms with van der Waals surface area (Å²) in [6.45, 7) is 1.94. The highest BCUT2D eigenvalue weighted by Gasteiger charge is 2.19. The average Bonchev–Trinajstić information content (AvgIpc) is 3.25. The van der Waals surface area contributed by atoms with Crippen molar-refractivity contribution in [3.8, 4) is 0 Å². The molecule has 2 heterocycles. The molecule has 1 aliphatic rings. The topological polar surface area (TPSA) is 100 Å². The lowest BCUT2D eigenvalue weighted by Gasteiger charge is -2.23. The summed E-state index contributed by atoms with van der Waals surface area (Å²) >= 11 is 0. The fourth-order valence-corrected chi connectivity index (χ4v) is 3.65. The highest BCUT2D eigenvalue weighted by molar-refractivity contribution is 5.99. The molecule has 1 atom stereocenters. The Hall–Kier alpha value is -3.81. The van der Waals surface area contributed by atoms with Crippen LogP contribution in [0.3, 0.4) is 0 Å². The van der Waals surface area contributed by atoms with E-state index in [2.05, 4.69) is 30.8 Å². The van der Waals surface area contributed by atoms with E-state index in [0.29, 0.717) is 24.7 Å². The SMILES string of the molecule is O=C(NCc1cccc(NC(=O)Nc2ccccc2)c1)NCC1CCn2ccnc2C1. The van der Waals surface area contributed by atoms with Gasteiger partial charge >= 0.3 is 12.1 Å². The van der Waals surface area contributed by atoms with Crippen LogP contribution in [-0.4, -0.2) is 28.2 Å². The van der Waals surface area contributed by atoms with E-state index < -0.39 is 0 Å². The summed E-state index contributed by atoms with van der Waals surface area (Å²) in [6, 6.07) is 16.1. The predicted molar refractivity (Wildman–Crippen MR) is 120 cm³/mol. The third-order valence-corrected chi connectivity index (χ3v) is 5.27. The van der Waals surface area contributed by atoms with Gasteiger partial charge in [0.25, 0.3) is 0 Å². The van der Waals surface area contributed by atoms with E-state index in [4.69, 9.17) is 0 Å². The van der Waals surface area contributed by atoms with E-state index in [1.165, 1.54) is 0 Å². The van der Waals surface area contributed by atoms with Crippen molar-refractivity contribution in [1.82, 2.24) is 20.2 Å². The molecule has 1 aromatic heterocycles.